The van der Waals surface area contributed by atoms with Gasteiger partial charge in [0.15, 0.2) is 5.69 Å². The van der Waals surface area contributed by atoms with E-state index < -0.39 is 11.9 Å². The van der Waals surface area contributed by atoms with Gasteiger partial charge in [0.2, 0.25) is 0 Å². The summed E-state index contributed by atoms with van der Waals surface area (Å²) < 4.78 is 48.3. The van der Waals surface area contributed by atoms with Crippen molar-refractivity contribution >= 4 is 22.4 Å². The van der Waals surface area contributed by atoms with Crippen LogP contribution < -0.4 is 4.90 Å². The van der Waals surface area contributed by atoms with Gasteiger partial charge in [0.05, 0.1) is 23.3 Å². The maximum Gasteiger partial charge on any atom is 0.435 e. The molecule has 3 aromatic carbocycles. The molecule has 0 aliphatic heterocycles. The fourth-order valence-corrected chi connectivity index (χ4v) is 5.13. The van der Waals surface area contributed by atoms with Gasteiger partial charge in [-0.15, -0.1) is 0 Å². The van der Waals surface area contributed by atoms with E-state index in [1.54, 1.807) is 35.2 Å². The second-order valence-electron chi connectivity index (χ2n) is 8.94. The summed E-state index contributed by atoms with van der Waals surface area (Å²) in [5.74, 6) is 0.448. The Bertz CT molecular complexity index is 1630. The van der Waals surface area contributed by atoms with Gasteiger partial charge in [-0.2, -0.15) is 18.3 Å². The van der Waals surface area contributed by atoms with Gasteiger partial charge < -0.3 is 9.32 Å². The van der Waals surface area contributed by atoms with E-state index >= 15 is 0 Å². The third-order valence-corrected chi connectivity index (χ3v) is 6.83. The highest BCUT2D eigenvalue weighted by Crippen LogP contribution is 2.42. The summed E-state index contributed by atoms with van der Waals surface area (Å²) in [6, 6.07) is 21.9. The Balaban J connectivity index is 1.39. The van der Waals surface area contributed by atoms with Gasteiger partial charge in [-0.3, -0.25) is 4.79 Å². The summed E-state index contributed by atoms with van der Waals surface area (Å²) in [5, 5.41) is 5.97. The maximum atomic E-state index is 13.8. The Kier molecular flexibility index (Phi) is 5.40. The molecule has 0 atom stereocenters. The summed E-state index contributed by atoms with van der Waals surface area (Å²) in [4.78, 5) is 15.2. The van der Waals surface area contributed by atoms with Crippen LogP contribution in [0, 0.1) is 0 Å². The van der Waals surface area contributed by atoms with Gasteiger partial charge in [-0.25, -0.2) is 4.68 Å². The quantitative estimate of drug-likeness (QED) is 0.265. The zero-order valence-electron chi connectivity index (χ0n) is 19.9. The molecule has 2 heterocycles. The number of carbonyl (C=O) groups is 1. The first-order valence-corrected chi connectivity index (χ1v) is 12.0. The van der Waals surface area contributed by atoms with Crippen LogP contribution in [0.15, 0.2) is 83.5 Å². The van der Waals surface area contributed by atoms with Crippen LogP contribution in [0.3, 0.4) is 0 Å². The molecule has 1 aliphatic carbocycles. The number of aryl methyl sites for hydroxylation is 1. The minimum Gasteiger partial charge on any atom is -0.469 e. The van der Waals surface area contributed by atoms with Crippen LogP contribution in [-0.2, 0) is 19.0 Å². The van der Waals surface area contributed by atoms with Gasteiger partial charge in [0.1, 0.15) is 5.76 Å². The highest BCUT2D eigenvalue weighted by Gasteiger charge is 2.41. The Labute approximate surface area is 210 Å². The molecule has 2 aromatic heterocycles. The van der Waals surface area contributed by atoms with Crippen LogP contribution in [0.5, 0.6) is 0 Å². The summed E-state index contributed by atoms with van der Waals surface area (Å²) in [7, 11) is 0. The molecule has 186 valence electrons. The zero-order valence-corrected chi connectivity index (χ0v) is 19.9. The van der Waals surface area contributed by atoms with Crippen molar-refractivity contribution in [2.45, 2.75) is 25.9 Å². The highest BCUT2D eigenvalue weighted by molar-refractivity contribution is 6.10. The van der Waals surface area contributed by atoms with E-state index in [2.05, 4.69) is 5.10 Å². The summed E-state index contributed by atoms with van der Waals surface area (Å²) >= 11 is 0. The lowest BCUT2D eigenvalue weighted by atomic mass is 9.94. The topological polar surface area (TPSA) is 51.3 Å². The predicted octanol–water partition coefficient (Wildman–Crippen LogP) is 7.07. The number of aromatic nitrogens is 2. The molecular weight excluding hydrogens is 479 g/mol. The van der Waals surface area contributed by atoms with Crippen LogP contribution in [0.25, 0.3) is 27.7 Å². The molecule has 37 heavy (non-hydrogen) atoms. The minimum atomic E-state index is -4.58. The van der Waals surface area contributed by atoms with Crippen LogP contribution in [0.1, 0.15) is 34.3 Å². The molecule has 0 fully saturated rings. The Morgan fingerprint density at radius 3 is 2.51 bits per heavy atom. The van der Waals surface area contributed by atoms with Crippen molar-refractivity contribution in [1.82, 2.24) is 9.78 Å². The number of amides is 1. The molecule has 0 spiro atoms. The lowest BCUT2D eigenvalue weighted by Crippen LogP contribution is -2.30. The van der Waals surface area contributed by atoms with Gasteiger partial charge >= 0.3 is 6.18 Å². The molecule has 1 amide bonds. The lowest BCUT2D eigenvalue weighted by Gasteiger charge is -2.23. The normalized spacial score (nSPS) is 12.9. The predicted molar refractivity (Wildman–Crippen MR) is 135 cm³/mol. The van der Waals surface area contributed by atoms with Gasteiger partial charge in [-0.1, -0.05) is 36.4 Å². The van der Waals surface area contributed by atoms with E-state index in [4.69, 9.17) is 4.42 Å². The monoisotopic (exact) mass is 501 g/mol. The van der Waals surface area contributed by atoms with Crippen molar-refractivity contribution in [3.05, 3.63) is 102 Å². The van der Waals surface area contributed by atoms with Crippen molar-refractivity contribution in [3.63, 3.8) is 0 Å². The molecule has 0 saturated carbocycles. The van der Waals surface area contributed by atoms with Crippen LogP contribution in [0.2, 0.25) is 0 Å². The van der Waals surface area contributed by atoms with E-state index in [-0.39, 0.29) is 17.9 Å². The minimum absolute atomic E-state index is 0.162. The molecule has 1 aliphatic rings. The number of fused-ring (bicyclic) bond motifs is 4. The number of halogens is 3. The van der Waals surface area contributed by atoms with Crippen molar-refractivity contribution in [2.75, 3.05) is 11.4 Å². The first-order chi connectivity index (χ1) is 17.9. The van der Waals surface area contributed by atoms with Crippen LogP contribution in [-0.4, -0.2) is 22.2 Å². The van der Waals surface area contributed by atoms with E-state index in [9.17, 15) is 18.0 Å². The second kappa shape index (κ2) is 8.65. The third kappa shape index (κ3) is 3.80. The Hall–Kier alpha value is -4.33. The number of alkyl halides is 3. The van der Waals surface area contributed by atoms with Gasteiger partial charge in [-0.05, 0) is 55.1 Å². The molecule has 5 nitrogen and oxygen atoms in total. The SMILES string of the molecule is CCN(C(=O)c1ccc(-n2nc(C(F)(F)F)c3c2-c2ccoc2CC3)cc1)c1cccc2ccccc12. The summed E-state index contributed by atoms with van der Waals surface area (Å²) in [6.45, 7) is 2.37. The molecule has 0 saturated heterocycles. The number of carbonyl (C=O) groups excluding carboxylic acids is 1. The molecule has 6 rings (SSSR count). The standard InChI is InChI=1S/C29H22F3N3O2/c1-2-34(24-9-5-7-18-6-3-4-8-21(18)24)28(36)19-10-12-20(13-11-19)35-26-22-16-17-37-25(22)15-14-23(26)27(33-35)29(30,31)32/h3-13,16-17H,2,14-15H2,1H3. The van der Waals surface area contributed by atoms with E-state index in [0.29, 0.717) is 41.2 Å². The zero-order chi connectivity index (χ0) is 25.7. The van der Waals surface area contributed by atoms with E-state index in [0.717, 1.165) is 16.5 Å². The number of furan rings is 1. The van der Waals surface area contributed by atoms with E-state index in [1.165, 1.54) is 10.9 Å². The number of hydrogen-bond acceptors (Lipinski definition) is 3. The number of rotatable bonds is 4. The van der Waals surface area contributed by atoms with Crippen LogP contribution >= 0.6 is 0 Å². The van der Waals surface area contributed by atoms with Gasteiger partial charge in [0, 0.05) is 35.0 Å². The highest BCUT2D eigenvalue weighted by atomic mass is 19.4. The molecule has 0 unspecified atom stereocenters. The van der Waals surface area contributed by atoms with Gasteiger partial charge in [0.25, 0.3) is 5.91 Å². The van der Waals surface area contributed by atoms with Crippen molar-refractivity contribution in [2.24, 2.45) is 0 Å². The van der Waals surface area contributed by atoms with Crippen LogP contribution in [0.4, 0.5) is 18.9 Å². The number of benzene rings is 3. The van der Waals surface area contributed by atoms with E-state index in [1.807, 2.05) is 49.4 Å². The fourth-order valence-electron chi connectivity index (χ4n) is 5.13. The molecule has 0 N–H and O–H groups in total. The van der Waals surface area contributed by atoms with Crippen molar-refractivity contribution < 1.29 is 22.4 Å². The average Bonchev–Trinajstić information content (AvgIpc) is 3.54. The first-order valence-electron chi connectivity index (χ1n) is 12.0. The smallest absolute Gasteiger partial charge is 0.435 e. The fraction of sp³-hybridized carbons (Fsp3) is 0.172. The molecule has 8 heteroatoms. The third-order valence-electron chi connectivity index (χ3n) is 6.83. The number of anilines is 1. The maximum absolute atomic E-state index is 13.8. The summed E-state index contributed by atoms with van der Waals surface area (Å²) in [5.41, 5.74) is 1.94. The molecular formula is C29H22F3N3O2. The summed E-state index contributed by atoms with van der Waals surface area (Å²) in [6.07, 6.45) is -2.51. The average molecular weight is 502 g/mol. The Morgan fingerprint density at radius 1 is 1.00 bits per heavy atom. The number of hydrogen-bond donors (Lipinski definition) is 0. The molecule has 0 bridgehead atoms. The largest absolute Gasteiger partial charge is 0.469 e. The molecule has 5 aromatic rings. The lowest BCUT2D eigenvalue weighted by molar-refractivity contribution is -0.142. The Morgan fingerprint density at radius 2 is 1.76 bits per heavy atom. The molecule has 0 radical (unpaired) electrons. The number of nitrogens with zero attached hydrogens (tertiary/aromatic N) is 3. The van der Waals surface area contributed by atoms with Crippen molar-refractivity contribution in [3.8, 4) is 16.9 Å². The van der Waals surface area contributed by atoms with Crippen molar-refractivity contribution in [1.29, 1.82) is 0 Å². The first kappa shape index (κ1) is 23.1. The second-order valence-corrected chi connectivity index (χ2v) is 8.94.